The second-order valence-electron chi connectivity index (χ2n) is 6.44. The lowest BCUT2D eigenvalue weighted by Crippen LogP contribution is -2.42. The quantitative estimate of drug-likeness (QED) is 0.889. The van der Waals surface area contributed by atoms with Gasteiger partial charge in [-0.25, -0.2) is 0 Å². The van der Waals surface area contributed by atoms with Crippen LogP contribution in [0.1, 0.15) is 41.7 Å². The number of hydrogen-bond donors (Lipinski definition) is 1. The molecular weight excluding hydrogens is 296 g/mol. The summed E-state index contributed by atoms with van der Waals surface area (Å²) in [5, 5.41) is 7.26. The van der Waals surface area contributed by atoms with Crippen LogP contribution in [-0.4, -0.2) is 78.4 Å². The number of H-pyrrole nitrogens is 1. The SMILES string of the molecule is C[C@@H]1Cc2c(C(=O)N(C)CCN3CCOCC3)n[nH]c2[C@H](C)O1. The Morgan fingerprint density at radius 1 is 1.39 bits per heavy atom. The van der Waals surface area contributed by atoms with E-state index in [1.54, 1.807) is 4.90 Å². The van der Waals surface area contributed by atoms with Crippen molar-refractivity contribution in [2.45, 2.75) is 32.5 Å². The third-order valence-electron chi connectivity index (χ3n) is 4.64. The van der Waals surface area contributed by atoms with Gasteiger partial charge in [-0.3, -0.25) is 14.8 Å². The Labute approximate surface area is 136 Å². The minimum atomic E-state index is -0.0403. The van der Waals surface area contributed by atoms with E-state index in [-0.39, 0.29) is 18.1 Å². The van der Waals surface area contributed by atoms with Gasteiger partial charge >= 0.3 is 0 Å². The lowest BCUT2D eigenvalue weighted by molar-refractivity contribution is -0.00701. The van der Waals surface area contributed by atoms with E-state index < -0.39 is 0 Å². The number of aromatic nitrogens is 2. The Bertz CT molecular complexity index is 554. The number of fused-ring (bicyclic) bond motifs is 1. The number of nitrogens with one attached hydrogen (secondary N) is 1. The third kappa shape index (κ3) is 3.57. The first-order valence-corrected chi connectivity index (χ1v) is 8.34. The van der Waals surface area contributed by atoms with E-state index in [4.69, 9.17) is 9.47 Å². The Hall–Kier alpha value is -1.44. The lowest BCUT2D eigenvalue weighted by Gasteiger charge is -2.29. The first-order chi connectivity index (χ1) is 11.1. The molecule has 128 valence electrons. The molecular formula is C16H26N4O3. The van der Waals surface area contributed by atoms with Crippen molar-refractivity contribution in [2.75, 3.05) is 46.4 Å². The molecule has 0 aliphatic carbocycles. The molecule has 2 aliphatic heterocycles. The average Bonchev–Trinajstić information content (AvgIpc) is 2.97. The zero-order valence-electron chi connectivity index (χ0n) is 14.2. The van der Waals surface area contributed by atoms with Crippen LogP contribution in [-0.2, 0) is 15.9 Å². The Kier molecular flexibility index (Phi) is 4.99. The summed E-state index contributed by atoms with van der Waals surface area (Å²) in [6, 6.07) is 0. The molecule has 0 aromatic carbocycles. The first-order valence-electron chi connectivity index (χ1n) is 8.34. The third-order valence-corrected chi connectivity index (χ3v) is 4.64. The standard InChI is InChI=1S/C16H26N4O3/c1-11-10-13-14(12(2)23-11)17-18-15(13)16(21)19(3)4-5-20-6-8-22-9-7-20/h11-12H,4-10H2,1-3H3,(H,17,18)/t11-,12+/m1/s1. The highest BCUT2D eigenvalue weighted by Gasteiger charge is 2.30. The predicted molar refractivity (Wildman–Crippen MR) is 85.5 cm³/mol. The van der Waals surface area contributed by atoms with Crippen LogP contribution >= 0.6 is 0 Å². The topological polar surface area (TPSA) is 70.7 Å². The summed E-state index contributed by atoms with van der Waals surface area (Å²) in [6.07, 6.45) is 0.802. The predicted octanol–water partition coefficient (Wildman–Crippen LogP) is 0.836. The van der Waals surface area contributed by atoms with Gasteiger partial charge in [0.25, 0.3) is 5.91 Å². The molecule has 1 saturated heterocycles. The van der Waals surface area contributed by atoms with Gasteiger partial charge in [-0.05, 0) is 13.8 Å². The maximum Gasteiger partial charge on any atom is 0.274 e. The van der Waals surface area contributed by atoms with Crippen LogP contribution in [0.3, 0.4) is 0 Å². The fourth-order valence-electron chi connectivity index (χ4n) is 3.25. The minimum absolute atomic E-state index is 0.0166. The number of morpholine rings is 1. The van der Waals surface area contributed by atoms with Crippen LogP contribution in [0.15, 0.2) is 0 Å². The molecule has 1 amide bonds. The maximum atomic E-state index is 12.7. The molecule has 0 saturated carbocycles. The molecule has 2 atom stereocenters. The van der Waals surface area contributed by atoms with Crippen molar-refractivity contribution < 1.29 is 14.3 Å². The largest absolute Gasteiger partial charge is 0.379 e. The van der Waals surface area contributed by atoms with Gasteiger partial charge in [-0.2, -0.15) is 5.10 Å². The monoisotopic (exact) mass is 322 g/mol. The number of carbonyl (C=O) groups is 1. The van der Waals surface area contributed by atoms with Crippen LogP contribution in [0.4, 0.5) is 0 Å². The average molecular weight is 322 g/mol. The van der Waals surface area contributed by atoms with Crippen molar-refractivity contribution in [2.24, 2.45) is 0 Å². The first kappa shape index (κ1) is 16.4. The number of ether oxygens (including phenoxy) is 2. The summed E-state index contributed by atoms with van der Waals surface area (Å²) in [4.78, 5) is 16.8. The van der Waals surface area contributed by atoms with E-state index in [9.17, 15) is 4.79 Å². The number of amides is 1. The summed E-state index contributed by atoms with van der Waals surface area (Å²) < 4.78 is 11.1. The summed E-state index contributed by atoms with van der Waals surface area (Å²) in [6.45, 7) is 9.02. The Balaban J connectivity index is 1.63. The van der Waals surface area contributed by atoms with Crippen LogP contribution in [0.5, 0.6) is 0 Å². The van der Waals surface area contributed by atoms with Crippen LogP contribution in [0.25, 0.3) is 0 Å². The highest BCUT2D eigenvalue weighted by molar-refractivity contribution is 5.94. The van der Waals surface area contributed by atoms with Gasteiger partial charge in [-0.1, -0.05) is 0 Å². The van der Waals surface area contributed by atoms with E-state index in [0.29, 0.717) is 12.2 Å². The van der Waals surface area contributed by atoms with Gasteiger partial charge in [0.1, 0.15) is 0 Å². The highest BCUT2D eigenvalue weighted by Crippen LogP contribution is 2.30. The van der Waals surface area contributed by atoms with Crippen LogP contribution < -0.4 is 0 Å². The van der Waals surface area contributed by atoms with Crippen molar-refractivity contribution in [3.8, 4) is 0 Å². The van der Waals surface area contributed by atoms with E-state index in [1.807, 2.05) is 20.9 Å². The minimum Gasteiger partial charge on any atom is -0.379 e. The molecule has 3 rings (SSSR count). The number of likely N-dealkylation sites (N-methyl/N-ethyl adjacent to an activating group) is 1. The molecule has 1 fully saturated rings. The van der Waals surface area contributed by atoms with Gasteiger partial charge in [-0.15, -0.1) is 0 Å². The highest BCUT2D eigenvalue weighted by atomic mass is 16.5. The lowest BCUT2D eigenvalue weighted by atomic mass is 9.99. The van der Waals surface area contributed by atoms with E-state index in [2.05, 4.69) is 15.1 Å². The summed E-state index contributed by atoms with van der Waals surface area (Å²) >= 11 is 0. The molecule has 2 aliphatic rings. The van der Waals surface area contributed by atoms with E-state index >= 15 is 0 Å². The van der Waals surface area contributed by atoms with Gasteiger partial charge in [0, 0.05) is 45.2 Å². The van der Waals surface area contributed by atoms with Crippen LogP contribution in [0.2, 0.25) is 0 Å². The van der Waals surface area contributed by atoms with Crippen molar-refractivity contribution >= 4 is 5.91 Å². The fraction of sp³-hybridized carbons (Fsp3) is 0.750. The molecule has 23 heavy (non-hydrogen) atoms. The van der Waals surface area contributed by atoms with Gasteiger partial charge < -0.3 is 14.4 Å². The summed E-state index contributed by atoms with van der Waals surface area (Å²) in [5.74, 6) is -0.0166. The smallest absolute Gasteiger partial charge is 0.274 e. The molecule has 0 unspecified atom stereocenters. The molecule has 1 N–H and O–H groups in total. The summed E-state index contributed by atoms with van der Waals surface area (Å²) in [7, 11) is 1.84. The molecule has 1 aromatic rings. The number of carbonyl (C=O) groups excluding carboxylic acids is 1. The molecule has 1 aromatic heterocycles. The zero-order valence-corrected chi connectivity index (χ0v) is 14.2. The second kappa shape index (κ2) is 6.98. The molecule has 3 heterocycles. The number of hydrogen-bond acceptors (Lipinski definition) is 5. The number of rotatable bonds is 4. The number of nitrogens with zero attached hydrogens (tertiary/aromatic N) is 3. The molecule has 0 spiro atoms. The molecule has 0 radical (unpaired) electrons. The van der Waals surface area contributed by atoms with Crippen molar-refractivity contribution in [3.05, 3.63) is 17.0 Å². The van der Waals surface area contributed by atoms with Crippen LogP contribution in [0, 0.1) is 0 Å². The molecule has 0 bridgehead atoms. The van der Waals surface area contributed by atoms with E-state index in [0.717, 1.165) is 50.5 Å². The van der Waals surface area contributed by atoms with Crippen molar-refractivity contribution in [1.29, 1.82) is 0 Å². The molecule has 7 nitrogen and oxygen atoms in total. The Morgan fingerprint density at radius 2 is 2.13 bits per heavy atom. The van der Waals surface area contributed by atoms with Gasteiger partial charge in [0.2, 0.25) is 0 Å². The Morgan fingerprint density at radius 3 is 2.87 bits per heavy atom. The van der Waals surface area contributed by atoms with Gasteiger partial charge in [0.05, 0.1) is 31.1 Å². The normalized spacial score (nSPS) is 25.2. The van der Waals surface area contributed by atoms with Crippen molar-refractivity contribution in [1.82, 2.24) is 20.0 Å². The second-order valence-corrected chi connectivity index (χ2v) is 6.44. The van der Waals surface area contributed by atoms with Gasteiger partial charge in [0.15, 0.2) is 5.69 Å². The van der Waals surface area contributed by atoms with E-state index in [1.165, 1.54) is 0 Å². The zero-order chi connectivity index (χ0) is 16.4. The van der Waals surface area contributed by atoms with Crippen molar-refractivity contribution in [3.63, 3.8) is 0 Å². The fourth-order valence-corrected chi connectivity index (χ4v) is 3.25. The molecule has 7 heteroatoms. The maximum absolute atomic E-state index is 12.7. The number of aromatic amines is 1. The summed E-state index contributed by atoms with van der Waals surface area (Å²) in [5.41, 5.74) is 2.50.